The highest BCUT2D eigenvalue weighted by atomic mass is 79.9. The van der Waals surface area contributed by atoms with Gasteiger partial charge in [-0.3, -0.25) is 5.21 Å². The first-order chi connectivity index (χ1) is 5.52. The summed E-state index contributed by atoms with van der Waals surface area (Å²) >= 11 is 3.05. The molecule has 66 valence electrons. The van der Waals surface area contributed by atoms with Crippen molar-refractivity contribution < 1.29 is 9.60 Å². The molecular formula is C7H6BrFNO2-. The smallest absolute Gasteiger partial charge is 0.126 e. The molecule has 0 aromatic heterocycles. The molecule has 0 spiro atoms. The van der Waals surface area contributed by atoms with E-state index in [2.05, 4.69) is 15.9 Å². The first-order valence-corrected chi connectivity index (χ1v) is 3.93. The average Bonchev–Trinajstić information content (AvgIpc) is 1.96. The molecule has 0 saturated heterocycles. The molecule has 3 nitrogen and oxygen atoms in total. The van der Waals surface area contributed by atoms with E-state index >= 15 is 0 Å². The highest BCUT2D eigenvalue weighted by Gasteiger charge is 2.05. The van der Waals surface area contributed by atoms with Crippen LogP contribution in [-0.2, 0) is 0 Å². The van der Waals surface area contributed by atoms with Gasteiger partial charge in [0.05, 0.1) is 5.69 Å². The molecule has 0 heterocycles. The first kappa shape index (κ1) is 9.44. The van der Waals surface area contributed by atoms with Gasteiger partial charge in [0.1, 0.15) is 5.82 Å². The van der Waals surface area contributed by atoms with Crippen molar-refractivity contribution in [3.05, 3.63) is 33.2 Å². The van der Waals surface area contributed by atoms with Crippen LogP contribution in [0.2, 0.25) is 0 Å². The van der Waals surface area contributed by atoms with Crippen LogP contribution in [0.3, 0.4) is 0 Å². The van der Waals surface area contributed by atoms with E-state index in [0.29, 0.717) is 10.0 Å². The third-order valence-corrected chi connectivity index (χ3v) is 2.31. The lowest BCUT2D eigenvalue weighted by molar-refractivity contribution is 0.295. The second-order valence-electron chi connectivity index (χ2n) is 2.30. The Morgan fingerprint density at radius 2 is 2.17 bits per heavy atom. The summed E-state index contributed by atoms with van der Waals surface area (Å²) in [6.45, 7) is 1.60. The number of hydrogen-bond donors (Lipinski definition) is 1. The van der Waals surface area contributed by atoms with Crippen molar-refractivity contribution in [1.82, 2.24) is 0 Å². The summed E-state index contributed by atoms with van der Waals surface area (Å²) < 4.78 is 13.1. The second-order valence-corrected chi connectivity index (χ2v) is 3.16. The van der Waals surface area contributed by atoms with Crippen LogP contribution in [0.4, 0.5) is 10.1 Å². The molecule has 0 saturated carbocycles. The largest absolute Gasteiger partial charge is 0.733 e. The van der Waals surface area contributed by atoms with Gasteiger partial charge in [-0.1, -0.05) is 15.9 Å². The lowest BCUT2D eigenvalue weighted by Gasteiger charge is -2.24. The summed E-state index contributed by atoms with van der Waals surface area (Å²) in [5, 5.41) is 18.6. The van der Waals surface area contributed by atoms with E-state index in [1.54, 1.807) is 6.92 Å². The van der Waals surface area contributed by atoms with Crippen LogP contribution in [0.25, 0.3) is 0 Å². The quantitative estimate of drug-likeness (QED) is 0.761. The van der Waals surface area contributed by atoms with E-state index in [-0.39, 0.29) is 10.9 Å². The Morgan fingerprint density at radius 1 is 1.58 bits per heavy atom. The van der Waals surface area contributed by atoms with E-state index in [0.717, 1.165) is 6.07 Å². The van der Waals surface area contributed by atoms with Crippen molar-refractivity contribution in [3.63, 3.8) is 0 Å². The van der Waals surface area contributed by atoms with E-state index < -0.39 is 5.82 Å². The van der Waals surface area contributed by atoms with Crippen molar-refractivity contribution >= 4 is 21.6 Å². The van der Waals surface area contributed by atoms with Crippen molar-refractivity contribution in [2.75, 3.05) is 5.23 Å². The van der Waals surface area contributed by atoms with Crippen molar-refractivity contribution in [3.8, 4) is 0 Å². The topological polar surface area (TPSA) is 46.5 Å². The third-order valence-electron chi connectivity index (χ3n) is 1.49. The molecule has 1 N–H and O–H groups in total. The van der Waals surface area contributed by atoms with Gasteiger partial charge in [0.15, 0.2) is 0 Å². The molecule has 0 aliphatic carbocycles. The minimum atomic E-state index is -0.572. The predicted octanol–water partition coefficient (Wildman–Crippen LogP) is 2.59. The molecule has 0 radical (unpaired) electrons. The summed E-state index contributed by atoms with van der Waals surface area (Å²) in [4.78, 5) is 0. The van der Waals surface area contributed by atoms with Crippen LogP contribution in [0.15, 0.2) is 16.6 Å². The zero-order valence-corrected chi connectivity index (χ0v) is 7.80. The molecule has 0 atom stereocenters. The van der Waals surface area contributed by atoms with E-state index in [4.69, 9.17) is 5.21 Å². The van der Waals surface area contributed by atoms with Crippen molar-refractivity contribution in [1.29, 1.82) is 0 Å². The lowest BCUT2D eigenvalue weighted by atomic mass is 10.2. The molecule has 0 aliphatic heterocycles. The molecule has 1 rings (SSSR count). The Morgan fingerprint density at radius 3 is 2.67 bits per heavy atom. The van der Waals surface area contributed by atoms with Gasteiger partial charge < -0.3 is 10.4 Å². The maximum atomic E-state index is 12.7. The van der Waals surface area contributed by atoms with Crippen LogP contribution in [0, 0.1) is 17.9 Å². The Bertz CT molecular complexity index is 304. The predicted molar refractivity (Wildman–Crippen MR) is 46.5 cm³/mol. The number of nitrogens with zero attached hydrogens (tertiary/aromatic N) is 1. The fourth-order valence-corrected chi connectivity index (χ4v) is 1.25. The number of halogens is 2. The first-order valence-electron chi connectivity index (χ1n) is 3.14. The average molecular weight is 235 g/mol. The van der Waals surface area contributed by atoms with Crippen molar-refractivity contribution in [2.24, 2.45) is 0 Å². The van der Waals surface area contributed by atoms with Crippen LogP contribution >= 0.6 is 15.9 Å². The zero-order valence-electron chi connectivity index (χ0n) is 6.21. The summed E-state index contributed by atoms with van der Waals surface area (Å²) in [5.41, 5.74) is 0.399. The maximum absolute atomic E-state index is 12.7. The maximum Gasteiger partial charge on any atom is 0.126 e. The molecule has 0 aliphatic rings. The van der Waals surface area contributed by atoms with E-state index in [9.17, 15) is 9.60 Å². The van der Waals surface area contributed by atoms with Crippen LogP contribution in [-0.4, -0.2) is 5.21 Å². The highest BCUT2D eigenvalue weighted by Crippen LogP contribution is 2.27. The van der Waals surface area contributed by atoms with Crippen LogP contribution < -0.4 is 5.23 Å². The van der Waals surface area contributed by atoms with Gasteiger partial charge in [-0.05, 0) is 24.6 Å². The normalized spacial score (nSPS) is 10.1. The Balaban J connectivity index is 3.28. The van der Waals surface area contributed by atoms with Crippen LogP contribution in [0.5, 0.6) is 0 Å². The Hall–Kier alpha value is -0.650. The minimum absolute atomic E-state index is 0.0955. The second kappa shape index (κ2) is 3.38. The molecule has 0 unspecified atom stereocenters. The lowest BCUT2D eigenvalue weighted by Crippen LogP contribution is -2.09. The molecular weight excluding hydrogens is 229 g/mol. The summed E-state index contributed by atoms with van der Waals surface area (Å²) in [5.74, 6) is -0.572. The monoisotopic (exact) mass is 234 g/mol. The number of hydrogen-bond acceptors (Lipinski definition) is 3. The molecule has 1 aromatic carbocycles. The molecule has 0 fully saturated rings. The number of rotatable bonds is 1. The number of benzene rings is 1. The molecule has 0 amide bonds. The SMILES string of the molecule is Cc1c(Br)cc(F)cc1N([O-])O. The minimum Gasteiger partial charge on any atom is -0.733 e. The van der Waals surface area contributed by atoms with E-state index in [1.807, 2.05) is 0 Å². The zero-order chi connectivity index (χ0) is 9.30. The van der Waals surface area contributed by atoms with Crippen LogP contribution in [0.1, 0.15) is 5.56 Å². The van der Waals surface area contributed by atoms with E-state index in [1.165, 1.54) is 6.07 Å². The van der Waals surface area contributed by atoms with Gasteiger partial charge in [0.2, 0.25) is 0 Å². The fourth-order valence-electron chi connectivity index (χ4n) is 0.831. The third kappa shape index (κ3) is 1.74. The van der Waals surface area contributed by atoms with Crippen molar-refractivity contribution in [2.45, 2.75) is 6.92 Å². The highest BCUT2D eigenvalue weighted by molar-refractivity contribution is 9.10. The van der Waals surface area contributed by atoms with Gasteiger partial charge >= 0.3 is 0 Å². The summed E-state index contributed by atoms with van der Waals surface area (Å²) in [6.07, 6.45) is 0. The summed E-state index contributed by atoms with van der Waals surface area (Å²) in [7, 11) is 0. The van der Waals surface area contributed by atoms with Gasteiger partial charge in [0, 0.05) is 4.47 Å². The molecule has 5 heteroatoms. The number of anilines is 1. The standard InChI is InChI=1S/C7H6BrFNO2/c1-4-6(8)2-5(9)3-7(4)10(11)12/h2-3,11H,1H3/q-1. The van der Waals surface area contributed by atoms with Gasteiger partial charge in [-0.2, -0.15) is 0 Å². The Kier molecular flexibility index (Phi) is 2.66. The molecule has 1 aromatic rings. The van der Waals surface area contributed by atoms with Gasteiger partial charge in [-0.15, -0.1) is 0 Å². The summed E-state index contributed by atoms with van der Waals surface area (Å²) in [6, 6.07) is 2.19. The van der Waals surface area contributed by atoms with Gasteiger partial charge in [0.25, 0.3) is 0 Å². The fraction of sp³-hybridized carbons (Fsp3) is 0.143. The molecule has 12 heavy (non-hydrogen) atoms. The Labute approximate surface area is 77.1 Å². The molecule has 0 bridgehead atoms. The van der Waals surface area contributed by atoms with Gasteiger partial charge in [-0.25, -0.2) is 4.39 Å².